The number of Topliss-reactive ketones (excluding diaryl/α,β-unsaturated/α-hetero) is 1. The number of aryl methyl sites for hydroxylation is 1. The molecule has 0 saturated heterocycles. The number of allylic oxidation sites excluding steroid dienone is 2. The van der Waals surface area contributed by atoms with Gasteiger partial charge in [-0.2, -0.15) is 4.98 Å². The minimum atomic E-state index is -0.234. The van der Waals surface area contributed by atoms with Gasteiger partial charge in [-0.1, -0.05) is 59.8 Å². The summed E-state index contributed by atoms with van der Waals surface area (Å²) in [6.07, 6.45) is 2.33. The maximum absolute atomic E-state index is 12.9. The zero-order valence-corrected chi connectivity index (χ0v) is 18.1. The third kappa shape index (κ3) is 3.55. The van der Waals surface area contributed by atoms with Crippen molar-refractivity contribution in [3.8, 4) is 0 Å². The molecule has 0 saturated carbocycles. The molecular formula is C23H21ClN4OS. The molecule has 0 spiro atoms. The summed E-state index contributed by atoms with van der Waals surface area (Å²) in [6, 6.07) is 15.8. The molecule has 2 aromatic carbocycles. The van der Waals surface area contributed by atoms with Gasteiger partial charge in [0.2, 0.25) is 11.1 Å². The van der Waals surface area contributed by atoms with Gasteiger partial charge in [-0.05, 0) is 48.6 Å². The van der Waals surface area contributed by atoms with Crippen molar-refractivity contribution in [2.45, 2.75) is 43.1 Å². The third-order valence-corrected chi connectivity index (χ3v) is 6.77. The molecule has 1 aliphatic carbocycles. The fourth-order valence-corrected chi connectivity index (χ4v) is 5.02. The molecule has 7 heteroatoms. The van der Waals surface area contributed by atoms with Gasteiger partial charge in [-0.3, -0.25) is 4.79 Å². The largest absolute Gasteiger partial charge is 0.328 e. The predicted molar refractivity (Wildman–Crippen MR) is 120 cm³/mol. The van der Waals surface area contributed by atoms with Crippen LogP contribution in [0.15, 0.2) is 65.0 Å². The van der Waals surface area contributed by atoms with Crippen molar-refractivity contribution in [1.29, 1.82) is 0 Å². The summed E-state index contributed by atoms with van der Waals surface area (Å²) in [6.45, 7) is 2.08. The molecule has 3 aromatic rings. The molecule has 2 heterocycles. The standard InChI is InChI=1S/C23H21ClN4OS/c1-14-5-2-3-6-17(14)21-20-18(7-4-8-19(20)29)25-22-26-23(27-28(21)22)30-13-15-9-11-16(24)12-10-15/h2-3,5-6,9-12,21H,4,7-8,13H2,1H3,(H,25,26,27)/t21-/m0/s1. The Hall–Kier alpha value is -2.57. The van der Waals surface area contributed by atoms with Crippen molar-refractivity contribution in [3.05, 3.63) is 81.5 Å². The minimum Gasteiger partial charge on any atom is -0.328 e. The number of anilines is 1. The van der Waals surface area contributed by atoms with E-state index in [0.29, 0.717) is 17.5 Å². The first kappa shape index (κ1) is 19.4. The van der Waals surface area contributed by atoms with Gasteiger partial charge in [-0.15, -0.1) is 5.10 Å². The second kappa shape index (κ2) is 7.93. The van der Waals surface area contributed by atoms with Gasteiger partial charge in [0.1, 0.15) is 6.04 Å². The van der Waals surface area contributed by atoms with Gasteiger partial charge in [-0.25, -0.2) is 4.68 Å². The highest BCUT2D eigenvalue weighted by molar-refractivity contribution is 7.98. The van der Waals surface area contributed by atoms with E-state index in [4.69, 9.17) is 21.7 Å². The van der Waals surface area contributed by atoms with Crippen molar-refractivity contribution < 1.29 is 4.79 Å². The van der Waals surface area contributed by atoms with E-state index < -0.39 is 0 Å². The van der Waals surface area contributed by atoms with Crippen molar-refractivity contribution >= 4 is 35.1 Å². The van der Waals surface area contributed by atoms with Crippen LogP contribution in [0.4, 0.5) is 5.95 Å². The maximum Gasteiger partial charge on any atom is 0.227 e. The van der Waals surface area contributed by atoms with Crippen molar-refractivity contribution in [1.82, 2.24) is 14.8 Å². The third-order valence-electron chi connectivity index (χ3n) is 5.61. The number of ketones is 1. The Morgan fingerprint density at radius 2 is 1.97 bits per heavy atom. The number of hydrogen-bond acceptors (Lipinski definition) is 5. The molecule has 0 unspecified atom stereocenters. The fourth-order valence-electron chi connectivity index (χ4n) is 4.11. The number of halogens is 1. The molecule has 0 fully saturated rings. The molecule has 0 radical (unpaired) electrons. The number of nitrogens with one attached hydrogen (secondary N) is 1. The van der Waals surface area contributed by atoms with E-state index in [1.54, 1.807) is 11.8 Å². The summed E-state index contributed by atoms with van der Waals surface area (Å²) in [5.41, 5.74) is 5.23. The lowest BCUT2D eigenvalue weighted by molar-refractivity contribution is -0.116. The Labute approximate surface area is 184 Å². The molecule has 30 heavy (non-hydrogen) atoms. The van der Waals surface area contributed by atoms with Crippen LogP contribution in [-0.2, 0) is 10.5 Å². The van der Waals surface area contributed by atoms with Gasteiger partial charge < -0.3 is 5.32 Å². The lowest BCUT2D eigenvalue weighted by atomic mass is 9.84. The average molecular weight is 437 g/mol. The molecule has 5 nitrogen and oxygen atoms in total. The molecule has 152 valence electrons. The quantitative estimate of drug-likeness (QED) is 0.543. The van der Waals surface area contributed by atoms with E-state index in [0.717, 1.165) is 51.6 Å². The molecule has 2 aliphatic rings. The van der Waals surface area contributed by atoms with Crippen LogP contribution in [0.3, 0.4) is 0 Å². The zero-order valence-electron chi connectivity index (χ0n) is 16.6. The van der Waals surface area contributed by atoms with E-state index >= 15 is 0 Å². The molecule has 1 aliphatic heterocycles. The number of nitrogens with zero attached hydrogens (tertiary/aromatic N) is 3. The van der Waals surface area contributed by atoms with Gasteiger partial charge in [0.05, 0.1) is 0 Å². The van der Waals surface area contributed by atoms with Gasteiger partial charge in [0.25, 0.3) is 0 Å². The number of fused-ring (bicyclic) bond motifs is 1. The topological polar surface area (TPSA) is 59.8 Å². The Morgan fingerprint density at radius 1 is 1.17 bits per heavy atom. The second-order valence-corrected chi connectivity index (χ2v) is 9.01. The van der Waals surface area contributed by atoms with Crippen molar-refractivity contribution in [3.63, 3.8) is 0 Å². The van der Waals surface area contributed by atoms with Crippen LogP contribution in [0.2, 0.25) is 5.02 Å². The van der Waals surface area contributed by atoms with Gasteiger partial charge >= 0.3 is 0 Å². The lowest BCUT2D eigenvalue weighted by Gasteiger charge is -2.32. The first-order valence-corrected chi connectivity index (χ1v) is 11.4. The van der Waals surface area contributed by atoms with E-state index in [1.807, 2.05) is 41.1 Å². The second-order valence-electron chi connectivity index (χ2n) is 7.63. The molecule has 0 bridgehead atoms. The molecule has 1 N–H and O–H groups in total. The number of hydrogen-bond donors (Lipinski definition) is 1. The Balaban J connectivity index is 1.51. The van der Waals surface area contributed by atoms with Crippen LogP contribution >= 0.6 is 23.4 Å². The summed E-state index contributed by atoms with van der Waals surface area (Å²) in [4.78, 5) is 17.6. The Bertz CT molecular complexity index is 1150. The van der Waals surface area contributed by atoms with Crippen LogP contribution in [0.1, 0.15) is 42.0 Å². The van der Waals surface area contributed by atoms with Crippen LogP contribution in [0.5, 0.6) is 0 Å². The summed E-state index contributed by atoms with van der Waals surface area (Å²) in [7, 11) is 0. The number of aromatic nitrogens is 3. The highest BCUT2D eigenvalue weighted by Gasteiger charge is 2.37. The van der Waals surface area contributed by atoms with E-state index in [-0.39, 0.29) is 11.8 Å². The van der Waals surface area contributed by atoms with Crippen molar-refractivity contribution in [2.24, 2.45) is 0 Å². The van der Waals surface area contributed by atoms with Gasteiger partial charge in [0, 0.05) is 28.5 Å². The first-order chi connectivity index (χ1) is 14.6. The average Bonchev–Trinajstić information content (AvgIpc) is 3.15. The number of rotatable bonds is 4. The molecule has 5 rings (SSSR count). The smallest absolute Gasteiger partial charge is 0.227 e. The number of benzene rings is 2. The maximum atomic E-state index is 12.9. The van der Waals surface area contributed by atoms with Crippen LogP contribution in [-0.4, -0.2) is 20.5 Å². The summed E-state index contributed by atoms with van der Waals surface area (Å²) in [5.74, 6) is 1.66. The minimum absolute atomic E-state index is 0.202. The number of carbonyl (C=O) groups is 1. The Morgan fingerprint density at radius 3 is 2.77 bits per heavy atom. The number of carbonyl (C=O) groups excluding carboxylic acids is 1. The monoisotopic (exact) mass is 436 g/mol. The molecule has 1 aromatic heterocycles. The van der Waals surface area contributed by atoms with Crippen LogP contribution < -0.4 is 5.32 Å². The summed E-state index contributed by atoms with van der Waals surface area (Å²) >= 11 is 7.56. The molecular weight excluding hydrogens is 416 g/mol. The zero-order chi connectivity index (χ0) is 20.7. The van der Waals surface area contributed by atoms with Gasteiger partial charge in [0.15, 0.2) is 5.78 Å². The molecule has 0 amide bonds. The Kier molecular flexibility index (Phi) is 5.13. The van der Waals surface area contributed by atoms with E-state index in [1.165, 1.54) is 0 Å². The summed E-state index contributed by atoms with van der Waals surface area (Å²) in [5, 5.41) is 9.61. The number of thioether (sulfide) groups is 1. The van der Waals surface area contributed by atoms with Crippen LogP contribution in [0.25, 0.3) is 0 Å². The predicted octanol–water partition coefficient (Wildman–Crippen LogP) is 5.55. The molecule has 1 atom stereocenters. The normalized spacial score (nSPS) is 18.1. The van der Waals surface area contributed by atoms with E-state index in [9.17, 15) is 4.79 Å². The van der Waals surface area contributed by atoms with Crippen molar-refractivity contribution in [2.75, 3.05) is 5.32 Å². The van der Waals surface area contributed by atoms with Crippen LogP contribution in [0, 0.1) is 6.92 Å². The first-order valence-electron chi connectivity index (χ1n) is 10.0. The fraction of sp³-hybridized carbons (Fsp3) is 0.261. The highest BCUT2D eigenvalue weighted by Crippen LogP contribution is 2.41. The summed E-state index contributed by atoms with van der Waals surface area (Å²) < 4.78 is 1.88. The highest BCUT2D eigenvalue weighted by atomic mass is 35.5. The lowest BCUT2D eigenvalue weighted by Crippen LogP contribution is -2.31. The van der Waals surface area contributed by atoms with E-state index in [2.05, 4.69) is 24.4 Å². The SMILES string of the molecule is Cc1ccccc1[C@H]1C2=C(CCCC2=O)Nc2nc(SCc3ccc(Cl)cc3)nn21.